The standard InChI is InChI=1S/C13H14N2O3/c1-18-13(17)9-5-6-10-11(4-2-3-7-16)14-15-12(10)8-9/h2,4-6,8,16H,3,7H2,1H3,(H,14,15). The Morgan fingerprint density at radius 3 is 3.11 bits per heavy atom. The first kappa shape index (κ1) is 12.3. The second kappa shape index (κ2) is 5.46. The summed E-state index contributed by atoms with van der Waals surface area (Å²) in [5, 5.41) is 16.6. The molecule has 0 atom stereocenters. The molecule has 0 saturated carbocycles. The van der Waals surface area contributed by atoms with Gasteiger partial charge in [0.25, 0.3) is 0 Å². The van der Waals surface area contributed by atoms with Gasteiger partial charge < -0.3 is 9.84 Å². The van der Waals surface area contributed by atoms with E-state index in [0.717, 1.165) is 16.6 Å². The van der Waals surface area contributed by atoms with Crippen LogP contribution in [0.4, 0.5) is 0 Å². The second-order valence-electron chi connectivity index (χ2n) is 3.78. The maximum atomic E-state index is 11.4. The minimum Gasteiger partial charge on any atom is -0.465 e. The number of ether oxygens (including phenoxy) is 1. The highest BCUT2D eigenvalue weighted by atomic mass is 16.5. The van der Waals surface area contributed by atoms with Gasteiger partial charge >= 0.3 is 5.97 Å². The molecular weight excluding hydrogens is 232 g/mol. The van der Waals surface area contributed by atoms with E-state index < -0.39 is 0 Å². The van der Waals surface area contributed by atoms with Crippen LogP contribution >= 0.6 is 0 Å². The fraction of sp³-hybridized carbons (Fsp3) is 0.231. The molecule has 18 heavy (non-hydrogen) atoms. The number of hydrogen-bond acceptors (Lipinski definition) is 4. The maximum absolute atomic E-state index is 11.4. The Morgan fingerprint density at radius 1 is 1.56 bits per heavy atom. The molecule has 0 spiro atoms. The van der Waals surface area contributed by atoms with Crippen LogP contribution in [-0.2, 0) is 4.74 Å². The summed E-state index contributed by atoms with van der Waals surface area (Å²) >= 11 is 0. The Morgan fingerprint density at radius 2 is 2.39 bits per heavy atom. The van der Waals surface area contributed by atoms with E-state index in [4.69, 9.17) is 5.11 Å². The highest BCUT2D eigenvalue weighted by Gasteiger charge is 2.08. The van der Waals surface area contributed by atoms with Gasteiger partial charge in [0.15, 0.2) is 0 Å². The van der Waals surface area contributed by atoms with Crippen LogP contribution < -0.4 is 0 Å². The Labute approximate surface area is 104 Å². The third kappa shape index (κ3) is 2.41. The molecule has 2 aromatic rings. The Hall–Kier alpha value is -2.14. The van der Waals surface area contributed by atoms with Crippen molar-refractivity contribution in [1.29, 1.82) is 0 Å². The maximum Gasteiger partial charge on any atom is 0.337 e. The summed E-state index contributed by atoms with van der Waals surface area (Å²) in [6.45, 7) is 0.116. The number of aromatic nitrogens is 2. The van der Waals surface area contributed by atoms with E-state index in [1.165, 1.54) is 7.11 Å². The number of hydrogen-bond donors (Lipinski definition) is 2. The summed E-state index contributed by atoms with van der Waals surface area (Å²) in [5.41, 5.74) is 2.05. The van der Waals surface area contributed by atoms with E-state index in [0.29, 0.717) is 12.0 Å². The second-order valence-corrected chi connectivity index (χ2v) is 3.78. The van der Waals surface area contributed by atoms with Gasteiger partial charge in [-0.1, -0.05) is 6.08 Å². The van der Waals surface area contributed by atoms with Crippen molar-refractivity contribution in [2.75, 3.05) is 13.7 Å². The van der Waals surface area contributed by atoms with E-state index in [9.17, 15) is 4.79 Å². The largest absolute Gasteiger partial charge is 0.465 e. The van der Waals surface area contributed by atoms with E-state index >= 15 is 0 Å². The molecule has 0 amide bonds. The first-order valence-corrected chi connectivity index (χ1v) is 5.60. The van der Waals surface area contributed by atoms with Gasteiger partial charge in [-0.05, 0) is 30.7 Å². The molecule has 0 fully saturated rings. The van der Waals surface area contributed by atoms with Crippen molar-refractivity contribution in [3.63, 3.8) is 0 Å². The molecule has 1 aromatic carbocycles. The van der Waals surface area contributed by atoms with Gasteiger partial charge in [-0.2, -0.15) is 5.10 Å². The number of rotatable bonds is 4. The molecule has 1 aromatic heterocycles. The number of methoxy groups -OCH3 is 1. The third-order valence-corrected chi connectivity index (χ3v) is 2.58. The van der Waals surface area contributed by atoms with Crippen molar-refractivity contribution in [3.8, 4) is 0 Å². The highest BCUT2D eigenvalue weighted by molar-refractivity contribution is 5.96. The van der Waals surface area contributed by atoms with E-state index in [1.807, 2.05) is 18.2 Å². The first-order valence-electron chi connectivity index (χ1n) is 5.60. The average molecular weight is 246 g/mol. The summed E-state index contributed by atoms with van der Waals surface area (Å²) in [7, 11) is 1.35. The van der Waals surface area contributed by atoms with Gasteiger partial charge in [0.05, 0.1) is 23.9 Å². The predicted molar refractivity (Wildman–Crippen MR) is 68.2 cm³/mol. The van der Waals surface area contributed by atoms with Gasteiger partial charge in [0.2, 0.25) is 0 Å². The van der Waals surface area contributed by atoms with Gasteiger partial charge in [-0.15, -0.1) is 0 Å². The molecule has 1 heterocycles. The van der Waals surface area contributed by atoms with E-state index in [1.54, 1.807) is 12.1 Å². The van der Waals surface area contributed by atoms with E-state index in [2.05, 4.69) is 14.9 Å². The number of nitrogens with zero attached hydrogens (tertiary/aromatic N) is 1. The van der Waals surface area contributed by atoms with Crippen molar-refractivity contribution < 1.29 is 14.6 Å². The third-order valence-electron chi connectivity index (χ3n) is 2.58. The van der Waals surface area contributed by atoms with Gasteiger partial charge in [0, 0.05) is 12.0 Å². The lowest BCUT2D eigenvalue weighted by Crippen LogP contribution is -2.00. The topological polar surface area (TPSA) is 75.2 Å². The number of aliphatic hydroxyl groups excluding tert-OH is 1. The quantitative estimate of drug-likeness (QED) is 0.806. The number of carbonyl (C=O) groups is 1. The normalized spacial score (nSPS) is 11.2. The van der Waals surface area contributed by atoms with Crippen molar-refractivity contribution in [1.82, 2.24) is 10.2 Å². The van der Waals surface area contributed by atoms with Crippen molar-refractivity contribution >= 4 is 22.9 Å². The zero-order chi connectivity index (χ0) is 13.0. The molecule has 2 rings (SSSR count). The molecule has 2 N–H and O–H groups in total. The first-order chi connectivity index (χ1) is 8.76. The van der Waals surface area contributed by atoms with Crippen molar-refractivity contribution in [2.24, 2.45) is 0 Å². The van der Waals surface area contributed by atoms with Crippen molar-refractivity contribution in [3.05, 3.63) is 35.5 Å². The molecule has 5 heteroatoms. The minimum absolute atomic E-state index is 0.116. The molecule has 94 valence electrons. The van der Waals surface area contributed by atoms with Crippen LogP contribution in [0.3, 0.4) is 0 Å². The summed E-state index contributed by atoms with van der Waals surface area (Å²) < 4.78 is 4.66. The summed E-state index contributed by atoms with van der Waals surface area (Å²) in [6.07, 6.45) is 4.28. The number of benzene rings is 1. The number of fused-ring (bicyclic) bond motifs is 1. The Balaban J connectivity index is 2.34. The number of aliphatic hydroxyl groups is 1. The number of aromatic amines is 1. The monoisotopic (exact) mass is 246 g/mol. The van der Waals surface area contributed by atoms with Crippen LogP contribution in [0.5, 0.6) is 0 Å². The molecular formula is C13H14N2O3. The zero-order valence-corrected chi connectivity index (χ0v) is 10.0. The van der Waals surface area contributed by atoms with Gasteiger partial charge in [-0.3, -0.25) is 5.10 Å². The lowest BCUT2D eigenvalue weighted by Gasteiger charge is -1.98. The Kier molecular flexibility index (Phi) is 3.74. The van der Waals surface area contributed by atoms with Gasteiger partial charge in [0.1, 0.15) is 0 Å². The van der Waals surface area contributed by atoms with E-state index in [-0.39, 0.29) is 12.6 Å². The predicted octanol–water partition coefficient (Wildman–Crippen LogP) is 1.75. The molecule has 0 aliphatic carbocycles. The van der Waals surface area contributed by atoms with Crippen LogP contribution in [0.2, 0.25) is 0 Å². The lowest BCUT2D eigenvalue weighted by molar-refractivity contribution is 0.0601. The van der Waals surface area contributed by atoms with Crippen LogP contribution in [-0.4, -0.2) is 35.0 Å². The minimum atomic E-state index is -0.371. The highest BCUT2D eigenvalue weighted by Crippen LogP contribution is 2.19. The number of H-pyrrole nitrogens is 1. The smallest absolute Gasteiger partial charge is 0.337 e. The molecule has 0 aliphatic rings. The molecule has 5 nitrogen and oxygen atoms in total. The number of nitrogens with one attached hydrogen (secondary N) is 1. The van der Waals surface area contributed by atoms with Crippen LogP contribution in [0.25, 0.3) is 17.0 Å². The zero-order valence-electron chi connectivity index (χ0n) is 10.0. The molecule has 0 bridgehead atoms. The fourth-order valence-corrected chi connectivity index (χ4v) is 1.68. The molecule has 0 unspecified atom stereocenters. The summed E-state index contributed by atoms with van der Waals surface area (Å²) in [6, 6.07) is 5.23. The SMILES string of the molecule is COC(=O)c1ccc2c(C=CCCO)n[nH]c2c1. The van der Waals surface area contributed by atoms with Crippen LogP contribution in [0.15, 0.2) is 24.3 Å². The fourth-order valence-electron chi connectivity index (χ4n) is 1.68. The summed E-state index contributed by atoms with van der Waals surface area (Å²) in [4.78, 5) is 11.4. The van der Waals surface area contributed by atoms with Crippen molar-refractivity contribution in [2.45, 2.75) is 6.42 Å². The van der Waals surface area contributed by atoms with Crippen LogP contribution in [0.1, 0.15) is 22.5 Å². The molecule has 0 radical (unpaired) electrons. The molecule has 0 saturated heterocycles. The van der Waals surface area contributed by atoms with Gasteiger partial charge in [-0.25, -0.2) is 4.79 Å². The number of carbonyl (C=O) groups excluding carboxylic acids is 1. The Bertz CT molecular complexity index is 587. The number of esters is 1. The summed E-state index contributed by atoms with van der Waals surface area (Å²) in [5.74, 6) is -0.371. The van der Waals surface area contributed by atoms with Crippen LogP contribution in [0, 0.1) is 0 Å². The average Bonchev–Trinajstić information content (AvgIpc) is 2.80. The molecule has 0 aliphatic heterocycles. The lowest BCUT2D eigenvalue weighted by atomic mass is 10.1.